The van der Waals surface area contributed by atoms with E-state index in [1.807, 2.05) is 0 Å². The number of carbonyl (C=O) groups excluding carboxylic acids is 1. The van der Waals surface area contributed by atoms with Crippen molar-refractivity contribution in [3.05, 3.63) is 23.8 Å². The predicted molar refractivity (Wildman–Crippen MR) is 82.8 cm³/mol. The highest BCUT2D eigenvalue weighted by Crippen LogP contribution is 2.30. The fraction of sp³-hybridized carbons (Fsp3) is 0.588. The molecule has 118 valence electrons. The standard InChI is InChI=1S/C17H26O4/c1-3-4-5-8-14(18)12-15(19)11-10-13-7-6-9-16(21-2)17(13)20/h6-7,9,14,18,20H,3-5,8,10-12H2,1-2H3. The number of ketones is 1. The van der Waals surface area contributed by atoms with Crippen molar-refractivity contribution >= 4 is 5.78 Å². The van der Waals surface area contributed by atoms with Gasteiger partial charge < -0.3 is 14.9 Å². The van der Waals surface area contributed by atoms with Crippen LogP contribution in [0.5, 0.6) is 11.5 Å². The average Bonchev–Trinajstić information content (AvgIpc) is 2.46. The molecule has 21 heavy (non-hydrogen) atoms. The zero-order valence-electron chi connectivity index (χ0n) is 13.0. The van der Waals surface area contributed by atoms with Gasteiger partial charge >= 0.3 is 0 Å². The SMILES string of the molecule is CCCCCC(O)CC(=O)CCc1cccc(OC)c1O. The van der Waals surface area contributed by atoms with Crippen molar-refractivity contribution in [2.45, 2.75) is 58.0 Å². The molecule has 0 amide bonds. The lowest BCUT2D eigenvalue weighted by atomic mass is 10.0. The number of hydrogen-bond donors (Lipinski definition) is 2. The van der Waals surface area contributed by atoms with Gasteiger partial charge in [0.2, 0.25) is 0 Å². The second-order valence-corrected chi connectivity index (χ2v) is 5.36. The molecule has 0 heterocycles. The Kier molecular flexibility index (Phi) is 7.83. The summed E-state index contributed by atoms with van der Waals surface area (Å²) in [6.07, 6.45) is 4.29. The Morgan fingerprint density at radius 2 is 2.10 bits per heavy atom. The van der Waals surface area contributed by atoms with Crippen LogP contribution in [-0.2, 0) is 11.2 Å². The number of benzene rings is 1. The molecule has 0 aliphatic carbocycles. The van der Waals surface area contributed by atoms with Gasteiger partial charge in [0.15, 0.2) is 11.5 Å². The van der Waals surface area contributed by atoms with Crippen molar-refractivity contribution in [3.8, 4) is 11.5 Å². The summed E-state index contributed by atoms with van der Waals surface area (Å²) in [7, 11) is 1.50. The monoisotopic (exact) mass is 294 g/mol. The van der Waals surface area contributed by atoms with Crippen LogP contribution in [-0.4, -0.2) is 29.2 Å². The van der Waals surface area contributed by atoms with Gasteiger partial charge in [-0.1, -0.05) is 38.3 Å². The van der Waals surface area contributed by atoms with E-state index in [1.54, 1.807) is 18.2 Å². The van der Waals surface area contributed by atoms with Crippen LogP contribution in [0.25, 0.3) is 0 Å². The van der Waals surface area contributed by atoms with E-state index in [-0.39, 0.29) is 18.0 Å². The number of unbranched alkanes of at least 4 members (excludes halogenated alkanes) is 2. The number of aliphatic hydroxyl groups excluding tert-OH is 1. The lowest BCUT2D eigenvalue weighted by Gasteiger charge is -2.10. The first-order valence-corrected chi connectivity index (χ1v) is 7.63. The third-order valence-electron chi connectivity index (χ3n) is 3.58. The number of ether oxygens (including phenoxy) is 1. The minimum Gasteiger partial charge on any atom is -0.504 e. The predicted octanol–water partition coefficient (Wildman–Crippen LogP) is 3.23. The third kappa shape index (κ3) is 6.17. The van der Waals surface area contributed by atoms with Gasteiger partial charge in [0, 0.05) is 12.8 Å². The summed E-state index contributed by atoms with van der Waals surface area (Å²) in [6, 6.07) is 5.25. The van der Waals surface area contributed by atoms with E-state index in [2.05, 4.69) is 6.92 Å². The van der Waals surface area contributed by atoms with Crippen LogP contribution in [0.1, 0.15) is 51.0 Å². The molecule has 4 nitrogen and oxygen atoms in total. The first-order chi connectivity index (χ1) is 10.1. The molecule has 1 rings (SSSR count). The van der Waals surface area contributed by atoms with Crippen LogP contribution in [0, 0.1) is 0 Å². The molecular weight excluding hydrogens is 268 g/mol. The number of rotatable bonds is 10. The lowest BCUT2D eigenvalue weighted by molar-refractivity contribution is -0.121. The van der Waals surface area contributed by atoms with Gasteiger partial charge in [-0.05, 0) is 24.5 Å². The van der Waals surface area contributed by atoms with Crippen molar-refractivity contribution in [1.82, 2.24) is 0 Å². The van der Waals surface area contributed by atoms with Crippen LogP contribution in [0.2, 0.25) is 0 Å². The number of phenolic OH excluding ortho intramolecular Hbond substituents is 1. The van der Waals surface area contributed by atoms with Gasteiger partial charge in [-0.2, -0.15) is 0 Å². The van der Waals surface area contributed by atoms with Crippen LogP contribution in [0.4, 0.5) is 0 Å². The second-order valence-electron chi connectivity index (χ2n) is 5.36. The maximum Gasteiger partial charge on any atom is 0.160 e. The molecule has 0 bridgehead atoms. The number of aryl methyl sites for hydroxylation is 1. The summed E-state index contributed by atoms with van der Waals surface area (Å²) in [5.74, 6) is 0.539. The Morgan fingerprint density at radius 3 is 2.76 bits per heavy atom. The number of methoxy groups -OCH3 is 1. The minimum absolute atomic E-state index is 0.0289. The fourth-order valence-electron chi connectivity index (χ4n) is 2.31. The van der Waals surface area contributed by atoms with E-state index in [0.29, 0.717) is 30.6 Å². The molecule has 0 aliphatic rings. The summed E-state index contributed by atoms with van der Waals surface area (Å²) in [6.45, 7) is 2.11. The summed E-state index contributed by atoms with van der Waals surface area (Å²) in [4.78, 5) is 11.9. The molecule has 0 radical (unpaired) electrons. The van der Waals surface area contributed by atoms with E-state index in [0.717, 1.165) is 19.3 Å². The van der Waals surface area contributed by atoms with Crippen molar-refractivity contribution in [2.75, 3.05) is 7.11 Å². The molecule has 0 saturated heterocycles. The lowest BCUT2D eigenvalue weighted by Crippen LogP contribution is -2.13. The van der Waals surface area contributed by atoms with E-state index in [9.17, 15) is 15.0 Å². The third-order valence-corrected chi connectivity index (χ3v) is 3.58. The topological polar surface area (TPSA) is 66.8 Å². The number of hydrogen-bond acceptors (Lipinski definition) is 4. The molecule has 0 aliphatic heterocycles. The zero-order chi connectivity index (χ0) is 15.7. The van der Waals surface area contributed by atoms with Gasteiger partial charge in [0.05, 0.1) is 13.2 Å². The highest BCUT2D eigenvalue weighted by Gasteiger charge is 2.13. The highest BCUT2D eigenvalue weighted by atomic mass is 16.5. The molecule has 0 fully saturated rings. The summed E-state index contributed by atoms with van der Waals surface area (Å²) in [5.41, 5.74) is 0.697. The number of aromatic hydroxyl groups is 1. The van der Waals surface area contributed by atoms with E-state index < -0.39 is 6.10 Å². The van der Waals surface area contributed by atoms with Crippen LogP contribution in [0.15, 0.2) is 18.2 Å². The zero-order valence-corrected chi connectivity index (χ0v) is 13.0. The first kappa shape index (κ1) is 17.5. The highest BCUT2D eigenvalue weighted by molar-refractivity contribution is 5.79. The van der Waals surface area contributed by atoms with Crippen molar-refractivity contribution in [3.63, 3.8) is 0 Å². The summed E-state index contributed by atoms with van der Waals surface area (Å²) >= 11 is 0. The summed E-state index contributed by atoms with van der Waals surface area (Å²) in [5, 5.41) is 19.7. The van der Waals surface area contributed by atoms with E-state index in [4.69, 9.17) is 4.74 Å². The van der Waals surface area contributed by atoms with Crippen molar-refractivity contribution in [2.24, 2.45) is 0 Å². The molecule has 0 saturated carbocycles. The maximum absolute atomic E-state index is 11.9. The largest absolute Gasteiger partial charge is 0.504 e. The normalized spacial score (nSPS) is 12.1. The molecular formula is C17H26O4. The van der Waals surface area contributed by atoms with Gasteiger partial charge in [-0.3, -0.25) is 4.79 Å². The van der Waals surface area contributed by atoms with Gasteiger partial charge in [0.25, 0.3) is 0 Å². The smallest absolute Gasteiger partial charge is 0.160 e. The number of phenols is 1. The second kappa shape index (κ2) is 9.40. The number of aliphatic hydroxyl groups is 1. The van der Waals surface area contributed by atoms with Crippen LogP contribution >= 0.6 is 0 Å². The maximum atomic E-state index is 11.9. The number of Topliss-reactive ketones (excluding diaryl/α,β-unsaturated/α-hetero) is 1. The van der Waals surface area contributed by atoms with Gasteiger partial charge in [-0.25, -0.2) is 0 Å². The Balaban J connectivity index is 2.39. The molecule has 1 unspecified atom stereocenters. The van der Waals surface area contributed by atoms with Crippen molar-refractivity contribution in [1.29, 1.82) is 0 Å². The first-order valence-electron chi connectivity index (χ1n) is 7.63. The number of para-hydroxylation sites is 1. The molecule has 1 atom stereocenters. The Morgan fingerprint density at radius 1 is 1.33 bits per heavy atom. The molecule has 0 aromatic heterocycles. The number of carbonyl (C=O) groups is 1. The molecule has 4 heteroatoms. The summed E-state index contributed by atoms with van der Waals surface area (Å²) < 4.78 is 5.04. The van der Waals surface area contributed by atoms with E-state index in [1.165, 1.54) is 7.11 Å². The fourth-order valence-corrected chi connectivity index (χ4v) is 2.31. The average molecular weight is 294 g/mol. The van der Waals surface area contributed by atoms with E-state index >= 15 is 0 Å². The Labute approximate surface area is 126 Å². The Bertz CT molecular complexity index is 442. The molecule has 0 spiro atoms. The van der Waals surface area contributed by atoms with Crippen LogP contribution < -0.4 is 4.74 Å². The molecule has 1 aromatic carbocycles. The van der Waals surface area contributed by atoms with Gasteiger partial charge in [0.1, 0.15) is 5.78 Å². The quantitative estimate of drug-likeness (QED) is 0.650. The molecule has 2 N–H and O–H groups in total. The Hall–Kier alpha value is -1.55. The van der Waals surface area contributed by atoms with Crippen molar-refractivity contribution < 1.29 is 19.7 Å². The molecule has 1 aromatic rings. The minimum atomic E-state index is -0.539. The van der Waals surface area contributed by atoms with Gasteiger partial charge in [-0.15, -0.1) is 0 Å². The van der Waals surface area contributed by atoms with Crippen LogP contribution in [0.3, 0.4) is 0 Å².